The van der Waals surface area contributed by atoms with Crippen molar-refractivity contribution in [2.75, 3.05) is 0 Å². The van der Waals surface area contributed by atoms with Crippen LogP contribution < -0.4 is 0 Å². The molecule has 0 saturated heterocycles. The highest BCUT2D eigenvalue weighted by molar-refractivity contribution is 6.30. The third-order valence-corrected chi connectivity index (χ3v) is 4.55. The Kier molecular flexibility index (Phi) is 4.16. The zero-order valence-electron chi connectivity index (χ0n) is 11.2. The van der Waals surface area contributed by atoms with Gasteiger partial charge in [0.2, 0.25) is 9.76 Å². The summed E-state index contributed by atoms with van der Waals surface area (Å²) < 4.78 is 10.3. The maximum atomic E-state index is 11.8. The van der Waals surface area contributed by atoms with Gasteiger partial charge in [0.1, 0.15) is 0 Å². The molecule has 1 unspecified atom stereocenters. The largest absolute Gasteiger partial charge is 0.414 e. The fraction of sp³-hybridized carbons (Fsp3) is 0.429. The average molecular weight is 276 g/mol. The second kappa shape index (κ2) is 5.67. The fourth-order valence-corrected chi connectivity index (χ4v) is 3.00. The lowest BCUT2D eigenvalue weighted by Gasteiger charge is -2.17. The predicted octanol–water partition coefficient (Wildman–Crippen LogP) is 2.49. The van der Waals surface area contributed by atoms with Gasteiger partial charge in [0.25, 0.3) is 0 Å². The lowest BCUT2D eigenvalue weighted by Crippen LogP contribution is -2.18. The molecule has 1 aliphatic rings. The number of rotatable bonds is 5. The minimum absolute atomic E-state index is 0.121. The van der Waals surface area contributed by atoms with Crippen LogP contribution in [0.5, 0.6) is 0 Å². The van der Waals surface area contributed by atoms with Crippen LogP contribution in [-0.2, 0) is 9.16 Å². The monoisotopic (exact) mass is 276 g/mol. The zero-order chi connectivity index (χ0) is 14.0. The molecule has 0 fully saturated rings. The quantitative estimate of drug-likeness (QED) is 0.471. The summed E-state index contributed by atoms with van der Waals surface area (Å²) in [5, 5.41) is 0. The molecule has 0 spiro atoms. The average Bonchev–Trinajstić information content (AvgIpc) is 2.66. The van der Waals surface area contributed by atoms with Gasteiger partial charge in [-0.05, 0) is 31.9 Å². The van der Waals surface area contributed by atoms with Crippen molar-refractivity contribution >= 4 is 21.7 Å². The summed E-state index contributed by atoms with van der Waals surface area (Å²) in [6.45, 7) is 6.00. The first kappa shape index (κ1) is 14.0. The number of fused-ring (bicyclic) bond motifs is 1. The first-order chi connectivity index (χ1) is 9.04. The molecule has 0 aromatic heterocycles. The van der Waals surface area contributed by atoms with Crippen molar-refractivity contribution < 1.29 is 18.8 Å². The maximum Gasteiger partial charge on any atom is 0.347 e. The Balaban J connectivity index is 2.34. The van der Waals surface area contributed by atoms with Crippen molar-refractivity contribution in [3.05, 3.63) is 34.9 Å². The minimum Gasteiger partial charge on any atom is -0.414 e. The number of hydrogen-bond donors (Lipinski definition) is 0. The van der Waals surface area contributed by atoms with E-state index in [9.17, 15) is 9.59 Å². The van der Waals surface area contributed by atoms with Crippen molar-refractivity contribution in [3.63, 3.8) is 0 Å². The normalized spacial score (nSPS) is 15.6. The van der Waals surface area contributed by atoms with Crippen LogP contribution in [0.3, 0.4) is 0 Å². The van der Waals surface area contributed by atoms with Crippen LogP contribution in [0.4, 0.5) is 0 Å². The third-order valence-electron chi connectivity index (χ3n) is 2.94. The van der Waals surface area contributed by atoms with E-state index < -0.39 is 11.9 Å². The second-order valence-corrected chi connectivity index (χ2v) is 5.86. The molecule has 2 radical (unpaired) electrons. The van der Waals surface area contributed by atoms with Gasteiger partial charge in [-0.25, -0.2) is 9.59 Å². The fourth-order valence-electron chi connectivity index (χ4n) is 2.03. The van der Waals surface area contributed by atoms with Crippen molar-refractivity contribution in [2.24, 2.45) is 0 Å². The number of hydrogen-bond acceptors (Lipinski definition) is 4. The summed E-state index contributed by atoms with van der Waals surface area (Å²) >= 11 is 0. The number of carbonyl (C=O) groups excluding carboxylic acids is 2. The van der Waals surface area contributed by atoms with Gasteiger partial charge in [-0.3, -0.25) is 0 Å². The second-order valence-electron chi connectivity index (χ2n) is 4.69. The van der Waals surface area contributed by atoms with Gasteiger partial charge in [0.05, 0.1) is 11.1 Å². The Morgan fingerprint density at radius 3 is 2.63 bits per heavy atom. The molecule has 1 aromatic rings. The Labute approximate surface area is 115 Å². The summed E-state index contributed by atoms with van der Waals surface area (Å²) in [5.41, 5.74) is 1.76. The first-order valence-corrected chi connectivity index (χ1v) is 7.33. The number of ether oxygens (including phenoxy) is 1. The molecule has 1 aliphatic heterocycles. The van der Waals surface area contributed by atoms with Crippen LogP contribution in [0.15, 0.2) is 18.2 Å². The lowest BCUT2D eigenvalue weighted by atomic mass is 9.99. The van der Waals surface area contributed by atoms with Crippen molar-refractivity contribution in [3.8, 4) is 0 Å². The van der Waals surface area contributed by atoms with E-state index >= 15 is 0 Å². The maximum absolute atomic E-state index is 11.8. The van der Waals surface area contributed by atoms with Gasteiger partial charge >= 0.3 is 11.9 Å². The summed E-state index contributed by atoms with van der Waals surface area (Å²) in [6.07, 6.45) is 1.00. The number of carbonyl (C=O) groups is 2. The molecule has 5 heteroatoms. The SMILES string of the molecule is CCC([Si]OC(C)C)c1cccc2c1C(=O)OC2=O. The Hall–Kier alpha value is -1.46. The molecule has 0 amide bonds. The Morgan fingerprint density at radius 2 is 2.00 bits per heavy atom. The minimum atomic E-state index is -0.551. The van der Waals surface area contributed by atoms with Crippen LogP contribution in [0.2, 0.25) is 0 Å². The van der Waals surface area contributed by atoms with Crippen LogP contribution >= 0.6 is 0 Å². The van der Waals surface area contributed by atoms with Crippen molar-refractivity contribution in [1.82, 2.24) is 0 Å². The van der Waals surface area contributed by atoms with Crippen LogP contribution in [0.25, 0.3) is 0 Å². The van der Waals surface area contributed by atoms with E-state index in [2.05, 4.69) is 4.74 Å². The molecule has 1 atom stereocenters. The molecule has 0 saturated carbocycles. The molecule has 4 nitrogen and oxygen atoms in total. The summed E-state index contributed by atoms with van der Waals surface area (Å²) in [5.74, 6) is -1.09. The topological polar surface area (TPSA) is 52.6 Å². The van der Waals surface area contributed by atoms with E-state index in [-0.39, 0.29) is 21.4 Å². The standard InChI is InChI=1S/C14H16O4Si/c1-4-11(19-18-8(2)3)9-6-5-7-10-12(9)14(16)17-13(10)15/h5-8,11H,4H2,1-3H3. The van der Waals surface area contributed by atoms with E-state index in [1.165, 1.54) is 0 Å². The summed E-state index contributed by atoms with van der Waals surface area (Å²) in [4.78, 5) is 23.3. The molecule has 1 aromatic carbocycles. The van der Waals surface area contributed by atoms with E-state index in [1.807, 2.05) is 26.8 Å². The summed E-state index contributed by atoms with van der Waals surface area (Å²) in [6, 6.07) is 5.30. The van der Waals surface area contributed by atoms with Gasteiger partial charge in [0.15, 0.2) is 0 Å². The summed E-state index contributed by atoms with van der Waals surface area (Å²) in [7, 11) is 0.267. The highest BCUT2D eigenvalue weighted by Gasteiger charge is 2.34. The number of cyclic esters (lactones) is 2. The van der Waals surface area contributed by atoms with E-state index in [1.54, 1.807) is 12.1 Å². The van der Waals surface area contributed by atoms with Gasteiger partial charge in [0, 0.05) is 11.6 Å². The number of esters is 2. The molecule has 0 aliphatic carbocycles. The van der Waals surface area contributed by atoms with Crippen molar-refractivity contribution in [1.29, 1.82) is 0 Å². The molecule has 2 rings (SSSR count). The smallest absolute Gasteiger partial charge is 0.347 e. The van der Waals surface area contributed by atoms with Gasteiger partial charge in [-0.2, -0.15) is 0 Å². The molecule has 0 N–H and O–H groups in total. The van der Waals surface area contributed by atoms with E-state index in [0.717, 1.165) is 12.0 Å². The van der Waals surface area contributed by atoms with Crippen LogP contribution in [-0.4, -0.2) is 27.8 Å². The molecule has 0 bridgehead atoms. The van der Waals surface area contributed by atoms with Crippen LogP contribution in [0.1, 0.15) is 59.0 Å². The van der Waals surface area contributed by atoms with Crippen molar-refractivity contribution in [2.45, 2.75) is 38.8 Å². The molecular formula is C14H16O4Si. The van der Waals surface area contributed by atoms with Crippen LogP contribution in [0, 0.1) is 0 Å². The molecule has 100 valence electrons. The predicted molar refractivity (Wildman–Crippen MR) is 71.2 cm³/mol. The number of benzene rings is 1. The molecule has 19 heavy (non-hydrogen) atoms. The van der Waals surface area contributed by atoms with Gasteiger partial charge in [-0.1, -0.05) is 19.1 Å². The Morgan fingerprint density at radius 1 is 1.26 bits per heavy atom. The van der Waals surface area contributed by atoms with Gasteiger partial charge < -0.3 is 9.16 Å². The van der Waals surface area contributed by atoms with E-state index in [0.29, 0.717) is 11.1 Å². The first-order valence-electron chi connectivity index (χ1n) is 6.35. The van der Waals surface area contributed by atoms with E-state index in [4.69, 9.17) is 4.43 Å². The molecule has 1 heterocycles. The highest BCUT2D eigenvalue weighted by Crippen LogP contribution is 2.30. The highest BCUT2D eigenvalue weighted by atomic mass is 28.2. The van der Waals surface area contributed by atoms with Gasteiger partial charge in [-0.15, -0.1) is 0 Å². The zero-order valence-corrected chi connectivity index (χ0v) is 12.2. The molecular weight excluding hydrogens is 260 g/mol. The Bertz CT molecular complexity index is 510. The lowest BCUT2D eigenvalue weighted by molar-refractivity contribution is 0.0443. The third kappa shape index (κ3) is 2.77.